The first-order chi connectivity index (χ1) is 10.6. The maximum Gasteiger partial charge on any atom is 0.317 e. The maximum absolute atomic E-state index is 11.8. The number of carboxylic acid groups (broad SMARTS) is 1. The summed E-state index contributed by atoms with van der Waals surface area (Å²) in [5.41, 5.74) is 0. The number of rotatable bonds is 9. The molecule has 1 saturated heterocycles. The van der Waals surface area contributed by atoms with Gasteiger partial charge in [0.15, 0.2) is 0 Å². The van der Waals surface area contributed by atoms with Gasteiger partial charge in [0, 0.05) is 18.7 Å². The number of nitrogens with zero attached hydrogens (tertiary/aromatic N) is 1. The second-order valence-electron chi connectivity index (χ2n) is 6.00. The molecule has 1 unspecified atom stereocenters. The van der Waals surface area contributed by atoms with Gasteiger partial charge in [-0.05, 0) is 32.2 Å². The van der Waals surface area contributed by atoms with Crippen molar-refractivity contribution in [3.63, 3.8) is 0 Å². The summed E-state index contributed by atoms with van der Waals surface area (Å²) in [4.78, 5) is 24.5. The van der Waals surface area contributed by atoms with Crippen LogP contribution in [-0.4, -0.2) is 73.0 Å². The van der Waals surface area contributed by atoms with E-state index in [0.717, 1.165) is 32.3 Å². The van der Waals surface area contributed by atoms with Gasteiger partial charge < -0.3 is 19.9 Å². The smallest absolute Gasteiger partial charge is 0.317 e. The van der Waals surface area contributed by atoms with E-state index in [1.54, 1.807) is 0 Å². The molecule has 2 rings (SSSR count). The molecular weight excluding hydrogens is 288 g/mol. The van der Waals surface area contributed by atoms with Crippen LogP contribution in [0.5, 0.6) is 0 Å². The Morgan fingerprint density at radius 3 is 2.77 bits per heavy atom. The summed E-state index contributed by atoms with van der Waals surface area (Å²) in [6.07, 6.45) is 3.81. The zero-order valence-electron chi connectivity index (χ0n) is 13.1. The van der Waals surface area contributed by atoms with Crippen molar-refractivity contribution in [2.24, 2.45) is 0 Å². The number of carboxylic acids is 1. The van der Waals surface area contributed by atoms with E-state index in [1.807, 2.05) is 11.8 Å². The van der Waals surface area contributed by atoms with Crippen molar-refractivity contribution in [2.75, 3.05) is 32.9 Å². The van der Waals surface area contributed by atoms with E-state index in [2.05, 4.69) is 5.32 Å². The highest BCUT2D eigenvalue weighted by atomic mass is 16.5. The largest absolute Gasteiger partial charge is 0.480 e. The number of carbonyl (C=O) groups is 2. The van der Waals surface area contributed by atoms with Crippen molar-refractivity contribution in [3.05, 3.63) is 0 Å². The topological polar surface area (TPSA) is 88.1 Å². The molecule has 126 valence electrons. The number of carbonyl (C=O) groups excluding carboxylic acids is 1. The van der Waals surface area contributed by atoms with Gasteiger partial charge in [0.1, 0.15) is 6.61 Å². The predicted octanol–water partition coefficient (Wildman–Crippen LogP) is 0.236. The van der Waals surface area contributed by atoms with Crippen molar-refractivity contribution in [3.8, 4) is 0 Å². The number of likely N-dealkylation sites (N-methyl/N-ethyl adjacent to an activating group) is 1. The summed E-state index contributed by atoms with van der Waals surface area (Å²) in [6, 6.07) is 0.380. The summed E-state index contributed by atoms with van der Waals surface area (Å²) < 4.78 is 10.8. The van der Waals surface area contributed by atoms with Crippen LogP contribution in [0.1, 0.15) is 32.6 Å². The molecule has 1 aliphatic heterocycles. The Labute approximate surface area is 130 Å². The Kier molecular flexibility index (Phi) is 6.60. The van der Waals surface area contributed by atoms with Gasteiger partial charge in [-0.15, -0.1) is 0 Å². The van der Waals surface area contributed by atoms with Crippen molar-refractivity contribution in [1.29, 1.82) is 0 Å². The number of nitrogens with one attached hydrogen (secondary N) is 1. The van der Waals surface area contributed by atoms with Crippen molar-refractivity contribution in [1.82, 2.24) is 10.2 Å². The first-order valence-corrected chi connectivity index (χ1v) is 8.03. The normalized spacial score (nSPS) is 27.6. The minimum atomic E-state index is -0.808. The molecule has 1 heterocycles. The molecule has 0 radical (unpaired) electrons. The van der Waals surface area contributed by atoms with E-state index in [9.17, 15) is 9.59 Å². The Hall–Kier alpha value is -1.18. The van der Waals surface area contributed by atoms with Gasteiger partial charge >= 0.3 is 5.97 Å². The number of aliphatic carboxylic acids is 1. The van der Waals surface area contributed by atoms with E-state index >= 15 is 0 Å². The molecule has 0 spiro atoms. The minimum absolute atomic E-state index is 0.0618. The highest BCUT2D eigenvalue weighted by Crippen LogP contribution is 2.25. The van der Waals surface area contributed by atoms with Crippen LogP contribution in [0.2, 0.25) is 0 Å². The zero-order valence-corrected chi connectivity index (χ0v) is 13.1. The lowest BCUT2D eigenvalue weighted by atomic mass is 9.85. The Balaban J connectivity index is 1.56. The number of amides is 1. The molecule has 0 aromatic heterocycles. The van der Waals surface area contributed by atoms with Gasteiger partial charge in [0.25, 0.3) is 0 Å². The van der Waals surface area contributed by atoms with E-state index in [1.165, 1.54) is 0 Å². The number of hydrogen-bond donors (Lipinski definition) is 2. The van der Waals surface area contributed by atoms with Gasteiger partial charge in [-0.3, -0.25) is 14.5 Å². The molecular formula is C15H26N2O5. The average molecular weight is 314 g/mol. The third kappa shape index (κ3) is 5.23. The highest BCUT2D eigenvalue weighted by molar-refractivity contribution is 5.77. The van der Waals surface area contributed by atoms with Gasteiger partial charge in [-0.1, -0.05) is 6.92 Å². The molecule has 22 heavy (non-hydrogen) atoms. The number of hydrogen-bond acceptors (Lipinski definition) is 5. The van der Waals surface area contributed by atoms with Crippen LogP contribution in [0.15, 0.2) is 0 Å². The number of ether oxygens (including phenoxy) is 2. The fraction of sp³-hybridized carbons (Fsp3) is 0.867. The third-order valence-corrected chi connectivity index (χ3v) is 4.30. The molecule has 7 heteroatoms. The first kappa shape index (κ1) is 17.2. The summed E-state index contributed by atoms with van der Waals surface area (Å²) in [7, 11) is 0. The quantitative estimate of drug-likeness (QED) is 0.634. The Morgan fingerprint density at radius 1 is 1.41 bits per heavy atom. The van der Waals surface area contributed by atoms with Crippen LogP contribution in [-0.2, 0) is 19.1 Å². The maximum atomic E-state index is 11.8. The molecule has 0 aromatic rings. The van der Waals surface area contributed by atoms with Crippen LogP contribution in [0.3, 0.4) is 0 Å². The van der Waals surface area contributed by atoms with Gasteiger partial charge in [0.2, 0.25) is 5.91 Å². The van der Waals surface area contributed by atoms with Crippen molar-refractivity contribution < 1.29 is 24.2 Å². The molecule has 1 saturated carbocycles. The van der Waals surface area contributed by atoms with Gasteiger partial charge in [-0.2, -0.15) is 0 Å². The molecule has 2 aliphatic rings. The predicted molar refractivity (Wildman–Crippen MR) is 79.6 cm³/mol. The Bertz CT molecular complexity index is 378. The molecule has 2 N–H and O–H groups in total. The van der Waals surface area contributed by atoms with Crippen LogP contribution in [0.25, 0.3) is 0 Å². The highest BCUT2D eigenvalue weighted by Gasteiger charge is 2.34. The van der Waals surface area contributed by atoms with Crippen molar-refractivity contribution in [2.45, 2.75) is 50.8 Å². The molecule has 1 amide bonds. The Morgan fingerprint density at radius 2 is 2.18 bits per heavy atom. The second kappa shape index (κ2) is 8.45. The zero-order chi connectivity index (χ0) is 15.9. The lowest BCUT2D eigenvalue weighted by Gasteiger charge is -2.42. The third-order valence-electron chi connectivity index (χ3n) is 4.30. The van der Waals surface area contributed by atoms with Crippen LogP contribution in [0, 0.1) is 0 Å². The summed E-state index contributed by atoms with van der Waals surface area (Å²) in [6.45, 7) is 4.05. The molecule has 2 fully saturated rings. The van der Waals surface area contributed by atoms with Crippen LogP contribution >= 0.6 is 0 Å². The molecule has 0 aromatic carbocycles. The van der Waals surface area contributed by atoms with E-state index in [-0.39, 0.29) is 37.2 Å². The summed E-state index contributed by atoms with van der Waals surface area (Å²) >= 11 is 0. The molecule has 0 bridgehead atoms. The van der Waals surface area contributed by atoms with Crippen molar-refractivity contribution >= 4 is 11.9 Å². The van der Waals surface area contributed by atoms with Gasteiger partial charge in [0.05, 0.1) is 19.3 Å². The monoisotopic (exact) mass is 314 g/mol. The standard InChI is InChI=1S/C15H26N2O5/c1-2-17(8-15(19)20)12-6-11(7-12)16-14(18)10-21-9-13-4-3-5-22-13/h11-13H,2-10H2,1H3,(H,16,18)(H,19,20). The average Bonchev–Trinajstić information content (AvgIpc) is 2.93. The molecule has 1 aliphatic carbocycles. The lowest BCUT2D eigenvalue weighted by molar-refractivity contribution is -0.140. The molecule has 1 atom stereocenters. The minimum Gasteiger partial charge on any atom is -0.480 e. The lowest BCUT2D eigenvalue weighted by Crippen LogP contribution is -2.55. The first-order valence-electron chi connectivity index (χ1n) is 8.03. The van der Waals surface area contributed by atoms with E-state index in [4.69, 9.17) is 14.6 Å². The fourth-order valence-electron chi connectivity index (χ4n) is 3.00. The molecule has 7 nitrogen and oxygen atoms in total. The summed E-state index contributed by atoms with van der Waals surface area (Å²) in [5.74, 6) is -0.917. The van der Waals surface area contributed by atoms with E-state index in [0.29, 0.717) is 13.2 Å². The fourth-order valence-corrected chi connectivity index (χ4v) is 3.00. The van der Waals surface area contributed by atoms with Gasteiger partial charge in [-0.25, -0.2) is 0 Å². The van der Waals surface area contributed by atoms with Crippen LogP contribution < -0.4 is 5.32 Å². The second-order valence-corrected chi connectivity index (χ2v) is 6.00. The van der Waals surface area contributed by atoms with Crippen LogP contribution in [0.4, 0.5) is 0 Å². The van der Waals surface area contributed by atoms with E-state index < -0.39 is 5.97 Å². The SMILES string of the molecule is CCN(CC(=O)O)C1CC(NC(=O)COCC2CCCO2)C1. The summed E-state index contributed by atoms with van der Waals surface area (Å²) in [5, 5.41) is 11.8.